The van der Waals surface area contributed by atoms with Crippen LogP contribution in [-0.2, 0) is 9.53 Å². The first-order chi connectivity index (χ1) is 14.1. The molecular weight excluding hydrogens is 372 g/mol. The highest BCUT2D eigenvalue weighted by Crippen LogP contribution is 2.31. The predicted octanol–water partition coefficient (Wildman–Crippen LogP) is 0.866. The molecule has 1 atom stereocenters. The number of nitrogens with zero attached hydrogens (tertiary/aromatic N) is 3. The number of ether oxygens (including phenoxy) is 1. The van der Waals surface area contributed by atoms with Crippen LogP contribution in [0.25, 0.3) is 0 Å². The molecule has 1 aromatic rings. The summed E-state index contributed by atoms with van der Waals surface area (Å²) in [6, 6.07) is 2.99. The van der Waals surface area contributed by atoms with Gasteiger partial charge in [-0.05, 0) is 62.7 Å². The number of hydrogen-bond acceptors (Lipinski definition) is 6. The van der Waals surface area contributed by atoms with Crippen LogP contribution in [0.15, 0.2) is 18.3 Å². The second kappa shape index (κ2) is 9.09. The maximum Gasteiger partial charge on any atom is 0.273 e. The fourth-order valence-corrected chi connectivity index (χ4v) is 4.17. The summed E-state index contributed by atoms with van der Waals surface area (Å²) >= 11 is 0. The number of carbonyl (C=O) groups is 2. The van der Waals surface area contributed by atoms with Gasteiger partial charge >= 0.3 is 0 Å². The van der Waals surface area contributed by atoms with Gasteiger partial charge in [0.15, 0.2) is 5.69 Å². The Labute approximate surface area is 171 Å². The van der Waals surface area contributed by atoms with Crippen LogP contribution in [0.5, 0.6) is 5.75 Å². The second-order valence-electron chi connectivity index (χ2n) is 8.50. The van der Waals surface area contributed by atoms with E-state index < -0.39 is 5.91 Å². The smallest absolute Gasteiger partial charge is 0.273 e. The zero-order valence-electron chi connectivity index (χ0n) is 16.8. The van der Waals surface area contributed by atoms with Crippen LogP contribution in [0.3, 0.4) is 0 Å². The molecule has 0 spiro atoms. The first kappa shape index (κ1) is 20.1. The minimum atomic E-state index is -0.446. The Bertz CT molecular complexity index is 731. The number of pyridine rings is 1. The number of aromatic hydroxyl groups is 1. The average Bonchev–Trinajstić information content (AvgIpc) is 3.54. The number of morpholine rings is 1. The molecule has 2 saturated heterocycles. The van der Waals surface area contributed by atoms with Crippen LogP contribution in [-0.4, -0.2) is 83.7 Å². The van der Waals surface area contributed by atoms with Gasteiger partial charge in [-0.25, -0.2) is 4.98 Å². The van der Waals surface area contributed by atoms with Gasteiger partial charge in [-0.3, -0.25) is 9.59 Å². The van der Waals surface area contributed by atoms with Crippen molar-refractivity contribution in [1.29, 1.82) is 0 Å². The molecule has 0 radical (unpaired) electrons. The molecule has 0 unspecified atom stereocenters. The fraction of sp³-hybridized carbons (Fsp3) is 0.667. The third-order valence-corrected chi connectivity index (χ3v) is 6.11. The molecule has 3 fully saturated rings. The Morgan fingerprint density at radius 3 is 2.69 bits per heavy atom. The van der Waals surface area contributed by atoms with Crippen molar-refractivity contribution in [3.63, 3.8) is 0 Å². The standard InChI is InChI=1S/C21H30N4O4/c26-18-2-1-7-22-20(18)21(28)23-10-17-13-25(19(27)14-29-17)12-16-5-8-24(9-6-16)11-15-3-4-15/h1-2,7,15-17,26H,3-6,8-14H2,(H,23,28)/t17-/m0/s1. The number of aromatic nitrogens is 1. The topological polar surface area (TPSA) is 95.0 Å². The molecule has 2 aliphatic heterocycles. The second-order valence-corrected chi connectivity index (χ2v) is 8.50. The van der Waals surface area contributed by atoms with Gasteiger partial charge in [0.05, 0.1) is 6.10 Å². The molecular formula is C21H30N4O4. The fourth-order valence-electron chi connectivity index (χ4n) is 4.17. The van der Waals surface area contributed by atoms with E-state index in [0.29, 0.717) is 12.5 Å². The highest BCUT2D eigenvalue weighted by Gasteiger charge is 2.31. The number of carbonyl (C=O) groups excluding carboxylic acids is 2. The molecule has 1 saturated carbocycles. The quantitative estimate of drug-likeness (QED) is 0.703. The van der Waals surface area contributed by atoms with Gasteiger partial charge in [0, 0.05) is 32.4 Å². The number of likely N-dealkylation sites (tertiary alicyclic amines) is 1. The molecule has 2 N–H and O–H groups in total. The zero-order chi connectivity index (χ0) is 20.2. The van der Waals surface area contributed by atoms with Gasteiger partial charge in [0.25, 0.3) is 5.91 Å². The van der Waals surface area contributed by atoms with E-state index >= 15 is 0 Å². The van der Waals surface area contributed by atoms with Crippen molar-refractivity contribution in [2.75, 3.05) is 45.9 Å². The van der Waals surface area contributed by atoms with Crippen LogP contribution in [0.4, 0.5) is 0 Å². The highest BCUT2D eigenvalue weighted by molar-refractivity contribution is 5.94. The lowest BCUT2D eigenvalue weighted by molar-refractivity contribution is -0.149. The van der Waals surface area contributed by atoms with Crippen molar-refractivity contribution in [3.8, 4) is 5.75 Å². The highest BCUT2D eigenvalue weighted by atomic mass is 16.5. The summed E-state index contributed by atoms with van der Waals surface area (Å²) in [7, 11) is 0. The normalized spacial score (nSPS) is 23.9. The SMILES string of the molecule is O=C(NC[C@H]1CN(CC2CCN(CC3CC3)CC2)C(=O)CO1)c1ncccc1O. The number of rotatable bonds is 7. The lowest BCUT2D eigenvalue weighted by Gasteiger charge is -2.38. The predicted molar refractivity (Wildman–Crippen MR) is 106 cm³/mol. The van der Waals surface area contributed by atoms with Gasteiger partial charge in [0.1, 0.15) is 12.4 Å². The van der Waals surface area contributed by atoms with Crippen molar-refractivity contribution in [1.82, 2.24) is 20.1 Å². The lowest BCUT2D eigenvalue weighted by atomic mass is 9.95. The first-order valence-electron chi connectivity index (χ1n) is 10.6. The van der Waals surface area contributed by atoms with E-state index in [1.54, 1.807) is 6.07 Å². The van der Waals surface area contributed by atoms with E-state index in [9.17, 15) is 14.7 Å². The van der Waals surface area contributed by atoms with E-state index in [2.05, 4.69) is 15.2 Å². The van der Waals surface area contributed by atoms with Crippen molar-refractivity contribution >= 4 is 11.8 Å². The summed E-state index contributed by atoms with van der Waals surface area (Å²) in [4.78, 5) is 32.9. The van der Waals surface area contributed by atoms with E-state index in [1.807, 2.05) is 4.90 Å². The van der Waals surface area contributed by atoms with Crippen molar-refractivity contribution in [2.24, 2.45) is 11.8 Å². The van der Waals surface area contributed by atoms with Gasteiger partial charge < -0.3 is 25.0 Å². The lowest BCUT2D eigenvalue weighted by Crippen LogP contribution is -2.52. The van der Waals surface area contributed by atoms with Crippen molar-refractivity contribution in [2.45, 2.75) is 31.8 Å². The monoisotopic (exact) mass is 402 g/mol. The minimum Gasteiger partial charge on any atom is -0.505 e. The van der Waals surface area contributed by atoms with Crippen molar-refractivity contribution in [3.05, 3.63) is 24.0 Å². The van der Waals surface area contributed by atoms with E-state index in [4.69, 9.17) is 4.74 Å². The molecule has 158 valence electrons. The summed E-state index contributed by atoms with van der Waals surface area (Å²) < 4.78 is 5.60. The molecule has 3 heterocycles. The Hall–Kier alpha value is -2.19. The summed E-state index contributed by atoms with van der Waals surface area (Å²) in [5, 5.41) is 12.5. The van der Waals surface area contributed by atoms with Gasteiger partial charge in [-0.2, -0.15) is 0 Å². The summed E-state index contributed by atoms with van der Waals surface area (Å²) in [6.45, 7) is 5.09. The first-order valence-corrected chi connectivity index (χ1v) is 10.6. The largest absolute Gasteiger partial charge is 0.505 e. The molecule has 1 aromatic heterocycles. The number of piperidine rings is 1. The van der Waals surface area contributed by atoms with E-state index in [1.165, 1.54) is 31.6 Å². The molecule has 4 rings (SSSR count). The minimum absolute atomic E-state index is 0.00537. The third-order valence-electron chi connectivity index (χ3n) is 6.11. The summed E-state index contributed by atoms with van der Waals surface area (Å²) in [5.41, 5.74) is -0.00537. The Kier molecular flexibility index (Phi) is 6.30. The van der Waals surface area contributed by atoms with Crippen LogP contribution < -0.4 is 5.32 Å². The van der Waals surface area contributed by atoms with Gasteiger partial charge in [-0.1, -0.05) is 0 Å². The van der Waals surface area contributed by atoms with Crippen molar-refractivity contribution < 1.29 is 19.4 Å². The van der Waals surface area contributed by atoms with E-state index in [-0.39, 0.29) is 36.6 Å². The summed E-state index contributed by atoms with van der Waals surface area (Å²) in [5.74, 6) is 0.887. The Balaban J connectivity index is 1.22. The van der Waals surface area contributed by atoms with Gasteiger partial charge in [-0.15, -0.1) is 0 Å². The molecule has 0 bridgehead atoms. The van der Waals surface area contributed by atoms with Crippen LogP contribution in [0.1, 0.15) is 36.2 Å². The molecule has 8 heteroatoms. The molecule has 8 nitrogen and oxygen atoms in total. The maximum absolute atomic E-state index is 12.3. The number of hydrogen-bond donors (Lipinski definition) is 2. The number of amides is 2. The molecule has 2 amide bonds. The Morgan fingerprint density at radius 2 is 1.97 bits per heavy atom. The number of nitrogens with one attached hydrogen (secondary N) is 1. The van der Waals surface area contributed by atoms with Crippen LogP contribution in [0.2, 0.25) is 0 Å². The third kappa shape index (κ3) is 5.45. The van der Waals surface area contributed by atoms with Crippen LogP contribution >= 0.6 is 0 Å². The zero-order valence-corrected chi connectivity index (χ0v) is 16.8. The van der Waals surface area contributed by atoms with Crippen LogP contribution in [0, 0.1) is 11.8 Å². The molecule has 29 heavy (non-hydrogen) atoms. The summed E-state index contributed by atoms with van der Waals surface area (Å²) in [6.07, 6.45) is 6.26. The molecule has 3 aliphatic rings. The Morgan fingerprint density at radius 1 is 1.21 bits per heavy atom. The maximum atomic E-state index is 12.3. The molecule has 1 aliphatic carbocycles. The average molecular weight is 402 g/mol. The molecule has 0 aromatic carbocycles. The van der Waals surface area contributed by atoms with E-state index in [0.717, 1.165) is 38.4 Å². The van der Waals surface area contributed by atoms with Gasteiger partial charge in [0.2, 0.25) is 5.91 Å².